The van der Waals surface area contributed by atoms with E-state index in [0.717, 1.165) is 0 Å². The summed E-state index contributed by atoms with van der Waals surface area (Å²) in [7, 11) is 0. The van der Waals surface area contributed by atoms with Crippen LogP contribution in [0.3, 0.4) is 0 Å². The molecule has 2 nitrogen and oxygen atoms in total. The quantitative estimate of drug-likeness (QED) is 0.125. The lowest BCUT2D eigenvalue weighted by molar-refractivity contribution is 0.590. The van der Waals surface area contributed by atoms with Crippen molar-refractivity contribution < 1.29 is 0 Å². The van der Waals surface area contributed by atoms with Crippen LogP contribution >= 0.6 is 11.3 Å². The SMILES string of the molecule is CC(C)c1ccc2c(c1)B1c3sc4ccc(C(C)(C)C)cc4c3N(c3cccc(-c4ccccc4)c3)c3cccc(c31)N2c1ccc(C(C)(C)C)cc1-c1ccc2c3ccccc3c3ccccc3c2c1. The number of benzene rings is 10. The van der Waals surface area contributed by atoms with Gasteiger partial charge in [0.2, 0.25) is 0 Å². The molecule has 0 radical (unpaired) electrons. The fourth-order valence-electron chi connectivity index (χ4n) is 11.8. The lowest BCUT2D eigenvalue weighted by atomic mass is 9.36. The zero-order valence-corrected chi connectivity index (χ0v) is 42.7. The summed E-state index contributed by atoms with van der Waals surface area (Å²) in [5, 5.41) is 9.04. The summed E-state index contributed by atoms with van der Waals surface area (Å²) < 4.78 is 2.72. The predicted octanol–water partition coefficient (Wildman–Crippen LogP) is 17.5. The molecule has 0 amide bonds. The van der Waals surface area contributed by atoms with Gasteiger partial charge in [-0.2, -0.15) is 0 Å². The Kier molecular flexibility index (Phi) is 9.87. The standard InChI is InChI=1S/C67H57BN2S/c1-41(2)43-29-33-59-57(38-43)68-63-60(69(48-21-16-20-44(36-48)42-18-10-9-11-19-42)64-56-40-47(67(6,7)8)31-35-62(56)71-65(64)68)26-17-27-61(63)70(59)58-34-30-46(66(3,4)5)39-54(58)45-28-32-53-51-24-13-12-22-49(51)50-23-14-15-25-52(50)55(53)37-45/h9-41H,1-8H3. The molecule has 0 saturated heterocycles. The minimum absolute atomic E-state index is 0.00289. The number of fused-ring (bicyclic) bond motifs is 12. The lowest BCUT2D eigenvalue weighted by Crippen LogP contribution is -2.60. The minimum atomic E-state index is -0.0603. The molecule has 2 aliphatic heterocycles. The number of rotatable bonds is 5. The molecule has 11 aromatic rings. The smallest absolute Gasteiger partial charge is 0.264 e. The van der Waals surface area contributed by atoms with Crippen molar-refractivity contribution in [1.82, 2.24) is 0 Å². The molecule has 0 atom stereocenters. The number of anilines is 6. The van der Waals surface area contributed by atoms with E-state index >= 15 is 0 Å². The number of thiophene rings is 1. The lowest BCUT2D eigenvalue weighted by Gasteiger charge is -2.44. The highest BCUT2D eigenvalue weighted by molar-refractivity contribution is 7.33. The van der Waals surface area contributed by atoms with E-state index < -0.39 is 0 Å². The Bertz CT molecular complexity index is 3920. The van der Waals surface area contributed by atoms with Crippen LogP contribution in [0.4, 0.5) is 34.1 Å². The van der Waals surface area contributed by atoms with Crippen molar-refractivity contribution in [2.45, 2.75) is 72.1 Å². The van der Waals surface area contributed by atoms with E-state index in [4.69, 9.17) is 0 Å². The molecule has 71 heavy (non-hydrogen) atoms. The van der Waals surface area contributed by atoms with Gasteiger partial charge in [0.1, 0.15) is 0 Å². The molecule has 1 aromatic heterocycles. The molecular formula is C67H57BN2S. The molecule has 2 aliphatic rings. The van der Waals surface area contributed by atoms with Crippen LogP contribution in [0.2, 0.25) is 0 Å². The highest BCUT2D eigenvalue weighted by atomic mass is 32.1. The number of hydrogen-bond donors (Lipinski definition) is 0. The van der Waals surface area contributed by atoms with Gasteiger partial charge < -0.3 is 9.80 Å². The van der Waals surface area contributed by atoms with Crippen LogP contribution in [-0.4, -0.2) is 6.71 Å². The first-order chi connectivity index (χ1) is 34.3. The average molecular weight is 933 g/mol. The fraction of sp³-hybridized carbons (Fsp3) is 0.164. The molecule has 0 bridgehead atoms. The highest BCUT2D eigenvalue weighted by Crippen LogP contribution is 2.51. The van der Waals surface area contributed by atoms with Gasteiger partial charge in [0.05, 0.1) is 11.4 Å². The van der Waals surface area contributed by atoms with Gasteiger partial charge in [-0.25, -0.2) is 0 Å². The van der Waals surface area contributed by atoms with Crippen molar-refractivity contribution in [3.05, 3.63) is 211 Å². The summed E-state index contributed by atoms with van der Waals surface area (Å²) in [6, 6.07) is 74.1. The second kappa shape index (κ2) is 16.1. The molecular weight excluding hydrogens is 876 g/mol. The van der Waals surface area contributed by atoms with E-state index in [9.17, 15) is 0 Å². The molecule has 10 aromatic carbocycles. The van der Waals surface area contributed by atoms with Gasteiger partial charge >= 0.3 is 0 Å². The van der Waals surface area contributed by atoms with E-state index in [-0.39, 0.29) is 17.5 Å². The molecule has 0 saturated carbocycles. The number of hydrogen-bond acceptors (Lipinski definition) is 3. The Balaban J connectivity index is 1.11. The maximum atomic E-state index is 2.62. The van der Waals surface area contributed by atoms with Gasteiger partial charge in [-0.05, 0) is 154 Å². The molecule has 344 valence electrons. The van der Waals surface area contributed by atoms with Crippen molar-refractivity contribution in [2.24, 2.45) is 0 Å². The van der Waals surface area contributed by atoms with Crippen molar-refractivity contribution in [2.75, 3.05) is 9.80 Å². The Morgan fingerprint density at radius 2 is 1.01 bits per heavy atom. The third-order valence-electron chi connectivity index (χ3n) is 15.5. The monoisotopic (exact) mass is 932 g/mol. The summed E-state index contributed by atoms with van der Waals surface area (Å²) in [6.07, 6.45) is 0. The topological polar surface area (TPSA) is 6.48 Å². The summed E-state index contributed by atoms with van der Waals surface area (Å²) >= 11 is 1.98. The summed E-state index contributed by atoms with van der Waals surface area (Å²) in [6.45, 7) is 18.7. The first kappa shape index (κ1) is 43.6. The molecule has 0 N–H and O–H groups in total. The average Bonchev–Trinajstić information content (AvgIpc) is 3.76. The molecule has 3 heterocycles. The molecule has 0 spiro atoms. The van der Waals surface area contributed by atoms with Crippen LogP contribution in [0.15, 0.2) is 194 Å². The van der Waals surface area contributed by atoms with E-state index in [0.29, 0.717) is 5.92 Å². The van der Waals surface area contributed by atoms with Gasteiger partial charge in [-0.1, -0.05) is 189 Å². The van der Waals surface area contributed by atoms with Crippen molar-refractivity contribution in [3.8, 4) is 22.3 Å². The van der Waals surface area contributed by atoms with Crippen molar-refractivity contribution in [1.29, 1.82) is 0 Å². The van der Waals surface area contributed by atoms with Crippen molar-refractivity contribution in [3.63, 3.8) is 0 Å². The third-order valence-corrected chi connectivity index (χ3v) is 16.7. The maximum absolute atomic E-state index is 2.62. The van der Waals surface area contributed by atoms with Crippen LogP contribution in [0, 0.1) is 0 Å². The highest BCUT2D eigenvalue weighted by Gasteiger charge is 2.46. The Hall–Kier alpha value is -7.40. The first-order valence-corrected chi connectivity index (χ1v) is 26.2. The van der Waals surface area contributed by atoms with E-state index in [2.05, 4.69) is 259 Å². The van der Waals surface area contributed by atoms with Crippen LogP contribution in [-0.2, 0) is 10.8 Å². The summed E-state index contributed by atoms with van der Waals surface area (Å²) in [5.74, 6) is 0.368. The summed E-state index contributed by atoms with van der Waals surface area (Å²) in [4.78, 5) is 5.23. The molecule has 4 heteroatoms. The Morgan fingerprint density at radius 3 is 1.70 bits per heavy atom. The van der Waals surface area contributed by atoms with Crippen molar-refractivity contribution >= 4 is 110 Å². The maximum Gasteiger partial charge on any atom is 0.264 e. The van der Waals surface area contributed by atoms with Gasteiger partial charge in [-0.3, -0.25) is 0 Å². The summed E-state index contributed by atoms with van der Waals surface area (Å²) in [5.41, 5.74) is 18.9. The Labute approximate surface area is 422 Å². The Morgan fingerprint density at radius 1 is 0.423 bits per heavy atom. The third kappa shape index (κ3) is 6.90. The zero-order chi connectivity index (χ0) is 48.5. The van der Waals surface area contributed by atoms with E-state index in [1.54, 1.807) is 0 Å². The van der Waals surface area contributed by atoms with Crippen LogP contribution < -0.4 is 25.5 Å². The largest absolute Gasteiger partial charge is 0.311 e. The predicted molar refractivity (Wildman–Crippen MR) is 311 cm³/mol. The first-order valence-electron chi connectivity index (χ1n) is 25.4. The van der Waals surface area contributed by atoms with Gasteiger partial charge in [0.25, 0.3) is 6.71 Å². The fourth-order valence-corrected chi connectivity index (χ4v) is 13.1. The van der Waals surface area contributed by atoms with Crippen LogP contribution in [0.1, 0.15) is 78.0 Å². The van der Waals surface area contributed by atoms with Gasteiger partial charge in [0, 0.05) is 43.2 Å². The second-order valence-corrected chi connectivity index (χ2v) is 23.4. The molecule has 0 fully saturated rings. The second-order valence-electron chi connectivity index (χ2n) is 22.3. The molecule has 0 unspecified atom stereocenters. The normalized spacial score (nSPS) is 13.4. The molecule has 13 rings (SSSR count). The molecule has 0 aliphatic carbocycles. The van der Waals surface area contributed by atoms with Gasteiger partial charge in [0.15, 0.2) is 0 Å². The zero-order valence-electron chi connectivity index (χ0n) is 41.9. The van der Waals surface area contributed by atoms with Crippen LogP contribution in [0.5, 0.6) is 0 Å². The van der Waals surface area contributed by atoms with Gasteiger partial charge in [-0.15, -0.1) is 11.3 Å². The van der Waals surface area contributed by atoms with E-state index in [1.165, 1.54) is 131 Å². The van der Waals surface area contributed by atoms with E-state index in [1.807, 2.05) is 11.3 Å². The minimum Gasteiger partial charge on any atom is -0.311 e. The number of nitrogens with zero attached hydrogens (tertiary/aromatic N) is 2. The van der Waals surface area contributed by atoms with Crippen LogP contribution in [0.25, 0.3) is 64.7 Å².